The van der Waals surface area contributed by atoms with Crippen LogP contribution < -0.4 is 10.6 Å². The van der Waals surface area contributed by atoms with Crippen LogP contribution in [0, 0.1) is 6.92 Å². The van der Waals surface area contributed by atoms with Gasteiger partial charge in [0.05, 0.1) is 28.8 Å². The first-order chi connectivity index (χ1) is 17.6. The van der Waals surface area contributed by atoms with Crippen molar-refractivity contribution in [3.8, 4) is 5.69 Å². The number of allylic oxidation sites excluding steroid dienone is 1. The molecule has 180 valence electrons. The first-order valence-corrected chi connectivity index (χ1v) is 13.2. The molecule has 1 aliphatic carbocycles. The number of aryl methyl sites for hydroxylation is 1. The second kappa shape index (κ2) is 9.52. The van der Waals surface area contributed by atoms with Crippen molar-refractivity contribution in [1.29, 1.82) is 0 Å². The summed E-state index contributed by atoms with van der Waals surface area (Å²) in [6.45, 7) is 2.03. The molecule has 4 aromatic rings. The van der Waals surface area contributed by atoms with E-state index in [4.69, 9.17) is 16.7 Å². The van der Waals surface area contributed by atoms with Crippen LogP contribution in [0.15, 0.2) is 100 Å². The number of carbonyl (C=O) groups excluding carboxylic acids is 1. The third-order valence-electron chi connectivity index (χ3n) is 6.64. The quantitative estimate of drug-likeness (QED) is 0.295. The largest absolute Gasteiger partial charge is 0.372 e. The van der Waals surface area contributed by atoms with Crippen LogP contribution in [0.4, 0.5) is 11.4 Å². The Morgan fingerprint density at radius 2 is 1.67 bits per heavy atom. The van der Waals surface area contributed by atoms with Crippen LogP contribution in [0.1, 0.15) is 36.6 Å². The Morgan fingerprint density at radius 3 is 2.44 bits per heavy atom. The van der Waals surface area contributed by atoms with E-state index in [1.807, 2.05) is 66.2 Å². The maximum Gasteiger partial charge on any atom is 0.163 e. The number of nitrogens with one attached hydrogen (secondary N) is 2. The molecule has 0 bridgehead atoms. The van der Waals surface area contributed by atoms with E-state index in [9.17, 15) is 4.79 Å². The van der Waals surface area contributed by atoms with E-state index >= 15 is 0 Å². The summed E-state index contributed by atoms with van der Waals surface area (Å²) in [4.78, 5) is 14.5. The van der Waals surface area contributed by atoms with Crippen LogP contribution in [-0.2, 0) is 4.79 Å². The first-order valence-electron chi connectivity index (χ1n) is 12.1. The molecule has 5 nitrogen and oxygen atoms in total. The molecule has 2 heterocycles. The minimum absolute atomic E-state index is 0.184. The number of aromatic nitrogens is 2. The molecule has 0 amide bonds. The number of hydrogen-bond donors (Lipinski definition) is 2. The van der Waals surface area contributed by atoms with E-state index in [2.05, 4.69) is 34.9 Å². The predicted molar refractivity (Wildman–Crippen MR) is 146 cm³/mol. The van der Waals surface area contributed by atoms with Crippen molar-refractivity contribution in [2.24, 2.45) is 0 Å². The summed E-state index contributed by atoms with van der Waals surface area (Å²) in [5.74, 6) is 0.184. The molecule has 0 fully saturated rings. The van der Waals surface area contributed by atoms with Crippen LogP contribution in [0.2, 0.25) is 5.02 Å². The Bertz CT molecular complexity index is 1480. The summed E-state index contributed by atoms with van der Waals surface area (Å²) in [6, 6.07) is 25.8. The third kappa shape index (κ3) is 4.21. The zero-order valence-corrected chi connectivity index (χ0v) is 21.4. The Morgan fingerprint density at radius 1 is 0.944 bits per heavy atom. The zero-order valence-electron chi connectivity index (χ0n) is 19.8. The van der Waals surface area contributed by atoms with Gasteiger partial charge in [0.15, 0.2) is 5.78 Å². The summed E-state index contributed by atoms with van der Waals surface area (Å²) in [6.07, 6.45) is 2.26. The number of Topliss-reactive ketones (excluding diaryl/α,β-unsaturated/α-hetero) is 1. The molecule has 6 rings (SSSR count). The number of hydrogen-bond acceptors (Lipinski definition) is 5. The maximum atomic E-state index is 13.4. The lowest BCUT2D eigenvalue weighted by molar-refractivity contribution is -0.116. The normalized spacial score (nSPS) is 17.1. The molecule has 0 saturated heterocycles. The fourth-order valence-corrected chi connectivity index (χ4v) is 6.19. The number of benzene rings is 3. The Balaban J connectivity index is 1.57. The lowest BCUT2D eigenvalue weighted by Crippen LogP contribution is -2.24. The van der Waals surface area contributed by atoms with Crippen LogP contribution in [0.25, 0.3) is 5.69 Å². The van der Waals surface area contributed by atoms with Gasteiger partial charge in [0, 0.05) is 33.2 Å². The van der Waals surface area contributed by atoms with Crippen molar-refractivity contribution >= 4 is 40.5 Å². The van der Waals surface area contributed by atoms with Gasteiger partial charge in [0.25, 0.3) is 0 Å². The molecular weight excluding hydrogens is 488 g/mol. The molecule has 3 aromatic carbocycles. The highest BCUT2D eigenvalue weighted by molar-refractivity contribution is 7.99. The lowest BCUT2D eigenvalue weighted by Gasteiger charge is -2.26. The molecule has 0 spiro atoms. The molecule has 2 aliphatic rings. The summed E-state index contributed by atoms with van der Waals surface area (Å²) in [5.41, 5.74) is 6.65. The van der Waals surface area contributed by atoms with E-state index in [-0.39, 0.29) is 11.8 Å². The lowest BCUT2D eigenvalue weighted by atomic mass is 9.87. The standard InChI is InChI=1S/C29H25ClN4OS/c1-18-26(28-27-24(12-7-13-25(27)35)31-22-10-5-6-11-23(22)32-28)29(36-21-16-14-19(30)15-17-21)34(33-18)20-8-3-2-4-9-20/h2-6,8-11,14-17,28,31-32H,7,12-13H2,1H3. The molecular formula is C29H25ClN4OS. The number of ketones is 1. The molecule has 1 aromatic heterocycles. The molecule has 1 atom stereocenters. The van der Waals surface area contributed by atoms with Crippen molar-refractivity contribution < 1.29 is 4.79 Å². The molecule has 1 aliphatic heterocycles. The van der Waals surface area contributed by atoms with E-state index in [0.29, 0.717) is 11.4 Å². The molecule has 1 unspecified atom stereocenters. The van der Waals surface area contributed by atoms with Gasteiger partial charge in [-0.1, -0.05) is 53.7 Å². The van der Waals surface area contributed by atoms with E-state index in [1.165, 1.54) is 0 Å². The fourth-order valence-electron chi connectivity index (χ4n) is 4.96. The van der Waals surface area contributed by atoms with Crippen molar-refractivity contribution in [2.45, 2.75) is 42.1 Å². The minimum Gasteiger partial charge on any atom is -0.372 e. The van der Waals surface area contributed by atoms with Gasteiger partial charge in [-0.3, -0.25) is 4.79 Å². The SMILES string of the molecule is Cc1nn(-c2ccccc2)c(Sc2ccc(Cl)cc2)c1C1Nc2ccccc2NC2=C1C(=O)CCC2. The van der Waals surface area contributed by atoms with Gasteiger partial charge >= 0.3 is 0 Å². The maximum absolute atomic E-state index is 13.4. The zero-order chi connectivity index (χ0) is 24.6. The van der Waals surface area contributed by atoms with Gasteiger partial charge in [-0.15, -0.1) is 0 Å². The molecule has 2 N–H and O–H groups in total. The van der Waals surface area contributed by atoms with Crippen molar-refractivity contribution in [1.82, 2.24) is 9.78 Å². The van der Waals surface area contributed by atoms with E-state index in [0.717, 1.165) is 62.4 Å². The van der Waals surface area contributed by atoms with Crippen molar-refractivity contribution in [3.05, 3.63) is 106 Å². The highest BCUT2D eigenvalue weighted by atomic mass is 35.5. The summed E-state index contributed by atoms with van der Waals surface area (Å²) < 4.78 is 1.99. The van der Waals surface area contributed by atoms with Gasteiger partial charge in [0.1, 0.15) is 5.03 Å². The number of halogens is 1. The van der Waals surface area contributed by atoms with Crippen molar-refractivity contribution in [2.75, 3.05) is 10.6 Å². The van der Waals surface area contributed by atoms with Gasteiger partial charge in [-0.25, -0.2) is 4.68 Å². The van der Waals surface area contributed by atoms with Crippen LogP contribution in [0.3, 0.4) is 0 Å². The summed E-state index contributed by atoms with van der Waals surface area (Å²) >= 11 is 7.81. The van der Waals surface area contributed by atoms with E-state index in [1.54, 1.807) is 11.8 Å². The smallest absolute Gasteiger partial charge is 0.163 e. The second-order valence-corrected chi connectivity index (χ2v) is 10.5. The number of anilines is 2. The minimum atomic E-state index is -0.323. The fraction of sp³-hybridized carbons (Fsp3) is 0.172. The Hall–Kier alpha value is -3.48. The topological polar surface area (TPSA) is 59.0 Å². The van der Waals surface area contributed by atoms with E-state index < -0.39 is 0 Å². The van der Waals surface area contributed by atoms with Gasteiger partial charge in [-0.2, -0.15) is 5.10 Å². The van der Waals surface area contributed by atoms with Crippen LogP contribution >= 0.6 is 23.4 Å². The number of fused-ring (bicyclic) bond motifs is 1. The first kappa shape index (κ1) is 23.0. The molecule has 36 heavy (non-hydrogen) atoms. The number of rotatable bonds is 4. The highest BCUT2D eigenvalue weighted by Gasteiger charge is 2.36. The van der Waals surface area contributed by atoms with Crippen molar-refractivity contribution in [3.63, 3.8) is 0 Å². The molecule has 0 radical (unpaired) electrons. The Kier molecular flexibility index (Phi) is 6.07. The predicted octanol–water partition coefficient (Wildman–Crippen LogP) is 7.57. The average Bonchev–Trinajstić information content (AvgIpc) is 3.10. The van der Waals surface area contributed by atoms with Crippen LogP contribution in [0.5, 0.6) is 0 Å². The van der Waals surface area contributed by atoms with Crippen LogP contribution in [-0.4, -0.2) is 15.6 Å². The molecule has 7 heteroatoms. The summed E-state index contributed by atoms with van der Waals surface area (Å²) in [5, 5.41) is 14.0. The second-order valence-electron chi connectivity index (χ2n) is 9.02. The number of nitrogens with zero attached hydrogens (tertiary/aromatic N) is 2. The monoisotopic (exact) mass is 512 g/mol. The Labute approximate surface area is 219 Å². The van der Waals surface area contributed by atoms with Gasteiger partial charge in [-0.05, 0) is 68.3 Å². The van der Waals surface area contributed by atoms with Gasteiger partial charge < -0.3 is 10.6 Å². The van der Waals surface area contributed by atoms with Gasteiger partial charge in [0.2, 0.25) is 0 Å². The summed E-state index contributed by atoms with van der Waals surface area (Å²) in [7, 11) is 0. The third-order valence-corrected chi connectivity index (χ3v) is 7.98. The average molecular weight is 513 g/mol. The molecule has 0 saturated carbocycles. The number of carbonyl (C=O) groups is 1. The number of para-hydroxylation sites is 3. The highest BCUT2D eigenvalue weighted by Crippen LogP contribution is 2.45.